The van der Waals surface area contributed by atoms with E-state index in [1.165, 1.54) is 47.8 Å². The third kappa shape index (κ3) is 6.28. The van der Waals surface area contributed by atoms with Gasteiger partial charge < -0.3 is 5.32 Å². The van der Waals surface area contributed by atoms with Crippen LogP contribution in [-0.2, 0) is 4.79 Å². The highest BCUT2D eigenvalue weighted by molar-refractivity contribution is 8.00. The molecule has 156 valence electrons. The van der Waals surface area contributed by atoms with Gasteiger partial charge in [-0.2, -0.15) is 9.36 Å². The van der Waals surface area contributed by atoms with Crippen molar-refractivity contribution in [2.24, 2.45) is 0 Å². The van der Waals surface area contributed by atoms with E-state index >= 15 is 0 Å². The molecule has 0 spiro atoms. The number of halogens is 1. The Labute approximate surface area is 186 Å². The van der Waals surface area contributed by atoms with E-state index in [1.807, 2.05) is 26.0 Å². The van der Waals surface area contributed by atoms with Crippen LogP contribution in [0.1, 0.15) is 24.2 Å². The summed E-state index contributed by atoms with van der Waals surface area (Å²) in [6.07, 6.45) is 0. The van der Waals surface area contributed by atoms with E-state index in [0.29, 0.717) is 21.5 Å². The van der Waals surface area contributed by atoms with Crippen LogP contribution in [0.25, 0.3) is 0 Å². The van der Waals surface area contributed by atoms with Crippen molar-refractivity contribution in [2.45, 2.75) is 29.1 Å². The molecule has 0 aliphatic carbocycles. The number of carbonyl (C=O) groups excluding carboxylic acids is 2. The van der Waals surface area contributed by atoms with Gasteiger partial charge in [-0.1, -0.05) is 18.7 Å². The summed E-state index contributed by atoms with van der Waals surface area (Å²) in [6, 6.07) is 12.5. The zero-order valence-electron chi connectivity index (χ0n) is 16.2. The molecule has 0 saturated carbocycles. The fraction of sp³-hybridized carbons (Fsp3) is 0.200. The molecule has 0 radical (unpaired) electrons. The molecule has 0 saturated heterocycles. The maximum atomic E-state index is 13.0. The van der Waals surface area contributed by atoms with E-state index < -0.39 is 5.82 Å². The largest absolute Gasteiger partial charge is 0.322 e. The molecular weight excluding hydrogens is 443 g/mol. The Balaban J connectivity index is 1.53. The molecule has 1 unspecified atom stereocenters. The second kappa shape index (κ2) is 10.6. The quantitative estimate of drug-likeness (QED) is 0.450. The number of hydrogen-bond acceptors (Lipinski definition) is 7. The van der Waals surface area contributed by atoms with Crippen molar-refractivity contribution in [3.63, 3.8) is 0 Å². The van der Waals surface area contributed by atoms with Gasteiger partial charge in [0.1, 0.15) is 5.82 Å². The van der Waals surface area contributed by atoms with Crippen molar-refractivity contribution in [1.29, 1.82) is 0 Å². The van der Waals surface area contributed by atoms with Crippen molar-refractivity contribution >= 4 is 57.7 Å². The minimum atomic E-state index is -0.391. The molecular formula is C20H19FN4O2S3. The number of anilines is 2. The number of amides is 2. The van der Waals surface area contributed by atoms with Crippen LogP contribution in [0.3, 0.4) is 0 Å². The average molecular weight is 463 g/mol. The first kappa shape index (κ1) is 22.3. The first-order chi connectivity index (χ1) is 14.4. The molecule has 10 heteroatoms. The first-order valence-corrected chi connectivity index (χ1v) is 11.7. The number of nitrogens with zero attached hydrogens (tertiary/aromatic N) is 2. The lowest BCUT2D eigenvalue weighted by molar-refractivity contribution is -0.115. The molecule has 1 heterocycles. The summed E-state index contributed by atoms with van der Waals surface area (Å²) in [6.45, 7) is 3.83. The fourth-order valence-electron chi connectivity index (χ4n) is 2.33. The van der Waals surface area contributed by atoms with E-state index in [2.05, 4.69) is 20.0 Å². The van der Waals surface area contributed by atoms with Crippen LogP contribution in [0.2, 0.25) is 0 Å². The zero-order chi connectivity index (χ0) is 21.5. The van der Waals surface area contributed by atoms with Gasteiger partial charge in [0.25, 0.3) is 5.91 Å². The lowest BCUT2D eigenvalue weighted by Gasteiger charge is -2.11. The van der Waals surface area contributed by atoms with Crippen molar-refractivity contribution in [2.75, 3.05) is 16.4 Å². The van der Waals surface area contributed by atoms with Gasteiger partial charge in [-0.05, 0) is 61.2 Å². The molecule has 0 aliphatic rings. The van der Waals surface area contributed by atoms with Crippen molar-refractivity contribution in [3.8, 4) is 0 Å². The Hall–Kier alpha value is -2.43. The number of thioether (sulfide) groups is 2. The Morgan fingerprint density at radius 1 is 1.10 bits per heavy atom. The minimum absolute atomic E-state index is 0.155. The van der Waals surface area contributed by atoms with Crippen LogP contribution in [0.15, 0.2) is 58.6 Å². The molecule has 6 nitrogen and oxygen atoms in total. The number of carbonyl (C=O) groups is 2. The summed E-state index contributed by atoms with van der Waals surface area (Å²) in [5.74, 6) is 0.00712. The zero-order valence-corrected chi connectivity index (χ0v) is 18.7. The highest BCUT2D eigenvalue weighted by Gasteiger charge is 2.17. The fourth-order valence-corrected chi connectivity index (χ4v) is 4.48. The summed E-state index contributed by atoms with van der Waals surface area (Å²) in [4.78, 5) is 29.7. The third-order valence-corrected chi connectivity index (χ3v) is 6.40. The Morgan fingerprint density at radius 2 is 1.80 bits per heavy atom. The van der Waals surface area contributed by atoms with E-state index in [1.54, 1.807) is 12.1 Å². The molecule has 1 atom stereocenters. The minimum Gasteiger partial charge on any atom is -0.322 e. The molecule has 2 amide bonds. The van der Waals surface area contributed by atoms with Gasteiger partial charge >= 0.3 is 0 Å². The van der Waals surface area contributed by atoms with Crippen molar-refractivity contribution in [1.82, 2.24) is 9.36 Å². The molecule has 0 bridgehead atoms. The molecule has 3 rings (SSSR count). The summed E-state index contributed by atoms with van der Waals surface area (Å²) >= 11 is 4.09. The molecule has 3 aromatic rings. The number of aromatic nitrogens is 2. The topological polar surface area (TPSA) is 84.0 Å². The van der Waals surface area contributed by atoms with Gasteiger partial charge in [0.15, 0.2) is 0 Å². The predicted molar refractivity (Wildman–Crippen MR) is 121 cm³/mol. The maximum Gasteiger partial charge on any atom is 0.255 e. The SMILES string of the molecule is CCSc1nsc(NC(=O)C(C)Sc2ccc(NC(=O)c3ccc(F)cc3)cc2)n1. The molecule has 30 heavy (non-hydrogen) atoms. The summed E-state index contributed by atoms with van der Waals surface area (Å²) < 4.78 is 17.1. The third-order valence-electron chi connectivity index (χ3n) is 3.81. The smallest absolute Gasteiger partial charge is 0.255 e. The van der Waals surface area contributed by atoms with E-state index in [9.17, 15) is 14.0 Å². The number of rotatable bonds is 8. The normalized spacial score (nSPS) is 11.7. The maximum absolute atomic E-state index is 13.0. The van der Waals surface area contributed by atoms with E-state index in [-0.39, 0.29) is 17.1 Å². The highest BCUT2D eigenvalue weighted by Crippen LogP contribution is 2.26. The van der Waals surface area contributed by atoms with E-state index in [4.69, 9.17) is 0 Å². The Bertz CT molecular complexity index is 1010. The van der Waals surface area contributed by atoms with Gasteiger partial charge in [-0.3, -0.25) is 14.9 Å². The monoisotopic (exact) mass is 462 g/mol. The molecule has 1 aromatic heterocycles. The summed E-state index contributed by atoms with van der Waals surface area (Å²) in [5, 5.41) is 6.36. The lowest BCUT2D eigenvalue weighted by Crippen LogP contribution is -2.22. The Morgan fingerprint density at radius 3 is 2.47 bits per heavy atom. The number of nitrogens with one attached hydrogen (secondary N) is 2. The van der Waals surface area contributed by atoms with Crippen LogP contribution < -0.4 is 10.6 Å². The van der Waals surface area contributed by atoms with Gasteiger partial charge in [-0.15, -0.1) is 11.8 Å². The molecule has 0 fully saturated rings. The second-order valence-electron chi connectivity index (χ2n) is 6.05. The van der Waals surface area contributed by atoms with Crippen molar-refractivity contribution in [3.05, 3.63) is 59.9 Å². The van der Waals surface area contributed by atoms with Crippen LogP contribution in [0.5, 0.6) is 0 Å². The van der Waals surface area contributed by atoms with Crippen LogP contribution in [0, 0.1) is 5.82 Å². The first-order valence-electron chi connectivity index (χ1n) is 9.05. The standard InChI is InChI=1S/C20H19FN4O2S3/c1-3-28-20-24-19(30-25-20)23-17(26)12(2)29-16-10-8-15(9-11-16)22-18(27)13-4-6-14(21)7-5-13/h4-12H,3H2,1-2H3,(H,22,27)(H,23,24,25,26). The predicted octanol–water partition coefficient (Wildman–Crippen LogP) is 5.16. The summed E-state index contributed by atoms with van der Waals surface area (Å²) in [7, 11) is 0. The number of benzene rings is 2. The van der Waals surface area contributed by atoms with Crippen molar-refractivity contribution < 1.29 is 14.0 Å². The lowest BCUT2D eigenvalue weighted by atomic mass is 10.2. The molecule has 0 aliphatic heterocycles. The molecule has 2 aromatic carbocycles. The van der Waals surface area contributed by atoms with Gasteiger partial charge in [-0.25, -0.2) is 4.39 Å². The second-order valence-corrected chi connectivity index (χ2v) is 9.45. The van der Waals surface area contributed by atoms with E-state index in [0.717, 1.165) is 22.2 Å². The van der Waals surface area contributed by atoms with Gasteiger partial charge in [0.2, 0.25) is 16.2 Å². The average Bonchev–Trinajstić information content (AvgIpc) is 3.17. The van der Waals surface area contributed by atoms with Gasteiger partial charge in [0, 0.05) is 27.7 Å². The molecule has 2 N–H and O–H groups in total. The van der Waals surface area contributed by atoms with Crippen LogP contribution in [-0.4, -0.2) is 32.2 Å². The van der Waals surface area contributed by atoms with Crippen LogP contribution in [0.4, 0.5) is 15.2 Å². The highest BCUT2D eigenvalue weighted by atomic mass is 32.2. The van der Waals surface area contributed by atoms with Crippen LogP contribution >= 0.6 is 35.1 Å². The summed E-state index contributed by atoms with van der Waals surface area (Å²) in [5.41, 5.74) is 0.984. The number of hydrogen-bond donors (Lipinski definition) is 2. The Kier molecular flexibility index (Phi) is 7.83. The van der Waals surface area contributed by atoms with Gasteiger partial charge in [0.05, 0.1) is 5.25 Å².